The summed E-state index contributed by atoms with van der Waals surface area (Å²) in [5, 5.41) is 3.65. The van der Waals surface area contributed by atoms with Crippen LogP contribution in [0.1, 0.15) is 29.3 Å². The number of thiazole rings is 1. The molecule has 1 heterocycles. The Labute approximate surface area is 119 Å². The summed E-state index contributed by atoms with van der Waals surface area (Å²) in [4.78, 5) is 5.53. The van der Waals surface area contributed by atoms with Crippen molar-refractivity contribution in [1.82, 2.24) is 10.3 Å². The average molecular weight is 274 g/mol. The second kappa shape index (κ2) is 7.41. The number of nitrogens with one attached hydrogen (secondary N) is 1. The van der Waals surface area contributed by atoms with Crippen molar-refractivity contribution in [2.75, 3.05) is 6.54 Å². The molecule has 3 heteroatoms. The molecule has 2 rings (SSSR count). The number of nitrogens with zero attached hydrogens (tertiary/aromatic N) is 1. The van der Waals surface area contributed by atoms with Gasteiger partial charge in [0, 0.05) is 17.1 Å². The van der Waals surface area contributed by atoms with Gasteiger partial charge in [-0.15, -0.1) is 11.3 Å². The molecule has 0 aliphatic heterocycles. The first-order chi connectivity index (χ1) is 9.28. The van der Waals surface area contributed by atoms with Crippen LogP contribution in [0.2, 0.25) is 0 Å². The van der Waals surface area contributed by atoms with Crippen LogP contribution >= 0.6 is 11.3 Å². The molecule has 1 unspecified atom stereocenters. The van der Waals surface area contributed by atoms with E-state index in [0.29, 0.717) is 6.04 Å². The number of aromatic nitrogens is 1. The van der Waals surface area contributed by atoms with Crippen molar-refractivity contribution in [3.63, 3.8) is 0 Å². The van der Waals surface area contributed by atoms with Gasteiger partial charge >= 0.3 is 0 Å². The molecule has 0 fully saturated rings. The summed E-state index contributed by atoms with van der Waals surface area (Å²) >= 11 is 1.75. The summed E-state index contributed by atoms with van der Waals surface area (Å²) < 4.78 is 0. The Kier molecular flexibility index (Phi) is 5.55. The van der Waals surface area contributed by atoms with Gasteiger partial charge in [-0.05, 0) is 38.3 Å². The SMILES string of the molecule is CCCNC(Cc1cccc(C)c1)Cc1cncs1. The van der Waals surface area contributed by atoms with Crippen LogP contribution in [-0.2, 0) is 12.8 Å². The van der Waals surface area contributed by atoms with Crippen molar-refractivity contribution in [3.8, 4) is 0 Å². The Morgan fingerprint density at radius 3 is 2.89 bits per heavy atom. The predicted octanol–water partition coefficient (Wildman–Crippen LogP) is 3.60. The Morgan fingerprint density at radius 1 is 1.32 bits per heavy atom. The number of hydrogen-bond donors (Lipinski definition) is 1. The van der Waals surface area contributed by atoms with Crippen molar-refractivity contribution in [2.45, 2.75) is 39.2 Å². The lowest BCUT2D eigenvalue weighted by Gasteiger charge is -2.18. The Hall–Kier alpha value is -1.19. The lowest BCUT2D eigenvalue weighted by molar-refractivity contribution is 0.507. The Morgan fingerprint density at radius 2 is 2.21 bits per heavy atom. The molecule has 0 spiro atoms. The third-order valence-electron chi connectivity index (χ3n) is 3.18. The second-order valence-electron chi connectivity index (χ2n) is 5.02. The standard InChI is InChI=1S/C16H22N2S/c1-3-7-18-15(10-16-11-17-12-19-16)9-14-6-4-5-13(2)8-14/h4-6,8,11-12,15,18H,3,7,9-10H2,1-2H3. The highest BCUT2D eigenvalue weighted by atomic mass is 32.1. The minimum absolute atomic E-state index is 0.502. The molecule has 1 aromatic heterocycles. The van der Waals surface area contributed by atoms with Gasteiger partial charge in [-0.25, -0.2) is 0 Å². The van der Waals surface area contributed by atoms with Gasteiger partial charge in [0.15, 0.2) is 0 Å². The molecule has 1 N–H and O–H groups in total. The topological polar surface area (TPSA) is 24.9 Å². The summed E-state index contributed by atoms with van der Waals surface area (Å²) in [6.07, 6.45) is 5.31. The van der Waals surface area contributed by atoms with Crippen molar-refractivity contribution in [1.29, 1.82) is 0 Å². The van der Waals surface area contributed by atoms with Gasteiger partial charge in [-0.2, -0.15) is 0 Å². The van der Waals surface area contributed by atoms with E-state index in [1.54, 1.807) is 11.3 Å². The van der Waals surface area contributed by atoms with Gasteiger partial charge in [0.1, 0.15) is 0 Å². The first kappa shape index (κ1) is 14.2. The third-order valence-corrected chi connectivity index (χ3v) is 3.98. The highest BCUT2D eigenvalue weighted by Gasteiger charge is 2.11. The number of hydrogen-bond acceptors (Lipinski definition) is 3. The highest BCUT2D eigenvalue weighted by molar-refractivity contribution is 7.09. The molecule has 0 amide bonds. The maximum Gasteiger partial charge on any atom is 0.0794 e. The average Bonchev–Trinajstić information content (AvgIpc) is 2.89. The molecule has 0 aliphatic carbocycles. The van der Waals surface area contributed by atoms with Gasteiger partial charge in [0.2, 0.25) is 0 Å². The van der Waals surface area contributed by atoms with E-state index >= 15 is 0 Å². The second-order valence-corrected chi connectivity index (χ2v) is 5.99. The van der Waals surface area contributed by atoms with Crippen molar-refractivity contribution in [3.05, 3.63) is 52.0 Å². The summed E-state index contributed by atoms with van der Waals surface area (Å²) in [5.41, 5.74) is 4.67. The number of rotatable bonds is 7. The van der Waals surface area contributed by atoms with E-state index < -0.39 is 0 Å². The fourth-order valence-corrected chi connectivity index (χ4v) is 2.95. The van der Waals surface area contributed by atoms with E-state index in [-0.39, 0.29) is 0 Å². The lowest BCUT2D eigenvalue weighted by atomic mass is 10.0. The number of aryl methyl sites for hydroxylation is 1. The quantitative estimate of drug-likeness (QED) is 0.834. The maximum atomic E-state index is 4.17. The summed E-state index contributed by atoms with van der Waals surface area (Å²) in [5.74, 6) is 0. The fraction of sp³-hybridized carbons (Fsp3) is 0.438. The molecule has 1 atom stereocenters. The molecule has 2 aromatic rings. The molecule has 0 aliphatic rings. The zero-order chi connectivity index (χ0) is 13.5. The summed E-state index contributed by atoms with van der Waals surface area (Å²) in [6, 6.07) is 9.31. The molecule has 102 valence electrons. The first-order valence-electron chi connectivity index (χ1n) is 6.94. The molecule has 0 radical (unpaired) electrons. The van der Waals surface area contributed by atoms with E-state index in [0.717, 1.165) is 19.4 Å². The van der Waals surface area contributed by atoms with E-state index in [1.807, 2.05) is 11.7 Å². The lowest BCUT2D eigenvalue weighted by Crippen LogP contribution is -2.33. The Balaban J connectivity index is 2.00. The molecule has 0 bridgehead atoms. The van der Waals surface area contributed by atoms with Gasteiger partial charge in [-0.1, -0.05) is 36.8 Å². The molecule has 2 nitrogen and oxygen atoms in total. The van der Waals surface area contributed by atoms with E-state index in [9.17, 15) is 0 Å². The van der Waals surface area contributed by atoms with Crippen molar-refractivity contribution >= 4 is 11.3 Å². The minimum Gasteiger partial charge on any atom is -0.313 e. The van der Waals surface area contributed by atoms with Crippen LogP contribution in [-0.4, -0.2) is 17.6 Å². The molecule has 1 aromatic carbocycles. The predicted molar refractivity (Wildman–Crippen MR) is 82.8 cm³/mol. The van der Waals surface area contributed by atoms with Crippen molar-refractivity contribution < 1.29 is 0 Å². The van der Waals surface area contributed by atoms with Crippen LogP contribution in [0, 0.1) is 6.92 Å². The van der Waals surface area contributed by atoms with E-state index in [4.69, 9.17) is 0 Å². The van der Waals surface area contributed by atoms with Crippen LogP contribution in [0.25, 0.3) is 0 Å². The number of benzene rings is 1. The van der Waals surface area contributed by atoms with Crippen LogP contribution in [0.15, 0.2) is 36.0 Å². The Bertz CT molecular complexity index is 479. The highest BCUT2D eigenvalue weighted by Crippen LogP contribution is 2.13. The smallest absolute Gasteiger partial charge is 0.0794 e. The molecule has 0 saturated carbocycles. The van der Waals surface area contributed by atoms with Crippen LogP contribution in [0.5, 0.6) is 0 Å². The van der Waals surface area contributed by atoms with E-state index in [2.05, 4.69) is 48.4 Å². The minimum atomic E-state index is 0.502. The summed E-state index contributed by atoms with van der Waals surface area (Å²) in [6.45, 7) is 5.44. The molecular weight excluding hydrogens is 252 g/mol. The van der Waals surface area contributed by atoms with Crippen LogP contribution in [0.4, 0.5) is 0 Å². The van der Waals surface area contributed by atoms with Gasteiger partial charge < -0.3 is 5.32 Å². The molecule has 0 saturated heterocycles. The normalized spacial score (nSPS) is 12.5. The maximum absolute atomic E-state index is 4.17. The monoisotopic (exact) mass is 274 g/mol. The van der Waals surface area contributed by atoms with Crippen LogP contribution in [0.3, 0.4) is 0 Å². The van der Waals surface area contributed by atoms with Gasteiger partial charge in [0.25, 0.3) is 0 Å². The van der Waals surface area contributed by atoms with E-state index in [1.165, 1.54) is 22.4 Å². The fourth-order valence-electron chi connectivity index (χ4n) is 2.27. The van der Waals surface area contributed by atoms with Crippen LogP contribution < -0.4 is 5.32 Å². The van der Waals surface area contributed by atoms with Gasteiger partial charge in [0.05, 0.1) is 5.51 Å². The zero-order valence-electron chi connectivity index (χ0n) is 11.7. The van der Waals surface area contributed by atoms with Gasteiger partial charge in [-0.3, -0.25) is 4.98 Å². The largest absolute Gasteiger partial charge is 0.313 e. The third kappa shape index (κ3) is 4.77. The summed E-state index contributed by atoms with van der Waals surface area (Å²) in [7, 11) is 0. The zero-order valence-corrected chi connectivity index (χ0v) is 12.5. The van der Waals surface area contributed by atoms with Crippen molar-refractivity contribution in [2.24, 2.45) is 0 Å². The first-order valence-corrected chi connectivity index (χ1v) is 7.82. The molecule has 19 heavy (non-hydrogen) atoms. The molecular formula is C16H22N2S.